The van der Waals surface area contributed by atoms with Gasteiger partial charge in [0.25, 0.3) is 11.1 Å². The number of carbonyl (C=O) groups excluding carboxylic acids is 1. The number of pyridine rings is 1. The monoisotopic (exact) mass is 243 g/mol. The van der Waals surface area contributed by atoms with Crippen LogP contribution < -0.4 is 4.74 Å². The molecule has 1 heterocycles. The number of halogens is 5. The minimum Gasteiger partial charge on any atom is -0.385 e. The Kier molecular flexibility index (Phi) is 3.13. The molecule has 0 aliphatic rings. The molecule has 0 unspecified atom stereocenters. The van der Waals surface area contributed by atoms with Gasteiger partial charge in [-0.05, 0) is 17.7 Å². The van der Waals surface area contributed by atoms with Gasteiger partial charge in [-0.2, -0.15) is 0 Å². The maximum Gasteiger partial charge on any atom is 0.574 e. The molecule has 1 aromatic rings. The van der Waals surface area contributed by atoms with Gasteiger partial charge in [0.2, 0.25) is 0 Å². The second-order valence-corrected chi connectivity index (χ2v) is 2.68. The first-order valence-corrected chi connectivity index (χ1v) is 3.78. The van der Waals surface area contributed by atoms with Crippen LogP contribution in [-0.2, 0) is 0 Å². The summed E-state index contributed by atoms with van der Waals surface area (Å²) >= 11 is 4.95. The van der Waals surface area contributed by atoms with Crippen molar-refractivity contribution in [3.63, 3.8) is 0 Å². The zero-order valence-electron chi connectivity index (χ0n) is 6.81. The number of alkyl halides is 3. The largest absolute Gasteiger partial charge is 0.574 e. The van der Waals surface area contributed by atoms with E-state index in [9.17, 15) is 22.4 Å². The summed E-state index contributed by atoms with van der Waals surface area (Å²) in [6.45, 7) is 0. The van der Waals surface area contributed by atoms with Crippen LogP contribution in [0, 0.1) is 5.82 Å². The van der Waals surface area contributed by atoms with Crippen molar-refractivity contribution >= 4 is 16.8 Å². The molecule has 0 aromatic carbocycles. The molecule has 8 heteroatoms. The van der Waals surface area contributed by atoms with E-state index in [1.165, 1.54) is 0 Å². The number of hydrogen-bond donors (Lipinski definition) is 0. The number of carbonyl (C=O) groups is 1. The van der Waals surface area contributed by atoms with Gasteiger partial charge >= 0.3 is 6.36 Å². The van der Waals surface area contributed by atoms with Crippen LogP contribution in [0.1, 0.15) is 10.4 Å². The fraction of sp³-hybridized carbons (Fsp3) is 0.143. The Morgan fingerprint density at radius 3 is 2.47 bits per heavy atom. The number of hydrogen-bond acceptors (Lipinski definition) is 3. The molecule has 0 fully saturated rings. The fourth-order valence-corrected chi connectivity index (χ4v) is 0.821. The average molecular weight is 244 g/mol. The molecule has 0 aliphatic heterocycles. The van der Waals surface area contributed by atoms with Crippen molar-refractivity contribution in [1.82, 2.24) is 4.98 Å². The predicted octanol–water partition coefficient (Wildman–Crippen LogP) is 2.50. The number of rotatable bonds is 2. The zero-order chi connectivity index (χ0) is 11.6. The molecule has 0 saturated carbocycles. The van der Waals surface area contributed by atoms with Crippen LogP contribution in [0.5, 0.6) is 5.88 Å². The molecule has 1 rings (SSSR count). The van der Waals surface area contributed by atoms with Gasteiger partial charge in [-0.1, -0.05) is 0 Å². The summed E-state index contributed by atoms with van der Waals surface area (Å²) in [6, 6.07) is 0.503. The molecular weight excluding hydrogens is 242 g/mol. The Hall–Kier alpha value is -1.37. The van der Waals surface area contributed by atoms with Crippen molar-refractivity contribution in [2.75, 3.05) is 0 Å². The maximum absolute atomic E-state index is 12.8. The van der Waals surface area contributed by atoms with Gasteiger partial charge in [0, 0.05) is 6.20 Å². The van der Waals surface area contributed by atoms with E-state index in [-0.39, 0.29) is 5.56 Å². The lowest BCUT2D eigenvalue weighted by atomic mass is 10.3. The normalized spacial score (nSPS) is 11.3. The number of aromatic nitrogens is 1. The van der Waals surface area contributed by atoms with Gasteiger partial charge in [0.1, 0.15) is 0 Å². The van der Waals surface area contributed by atoms with Crippen molar-refractivity contribution in [2.24, 2.45) is 0 Å². The Morgan fingerprint density at radius 1 is 1.47 bits per heavy atom. The molecule has 0 bridgehead atoms. The Labute approximate surface area is 85.6 Å². The summed E-state index contributed by atoms with van der Waals surface area (Å²) in [5.41, 5.74) is -0.358. The van der Waals surface area contributed by atoms with E-state index < -0.39 is 23.3 Å². The summed E-state index contributed by atoms with van der Waals surface area (Å²) in [6.07, 6.45) is -4.36. The average Bonchev–Trinajstić information content (AvgIpc) is 2.05. The van der Waals surface area contributed by atoms with Crippen molar-refractivity contribution < 1.29 is 27.1 Å². The van der Waals surface area contributed by atoms with Crippen LogP contribution >= 0.6 is 11.6 Å². The minimum atomic E-state index is -5.04. The van der Waals surface area contributed by atoms with Crippen LogP contribution in [0.15, 0.2) is 12.3 Å². The van der Waals surface area contributed by atoms with E-state index in [1.54, 1.807) is 0 Å². The van der Waals surface area contributed by atoms with Crippen LogP contribution in [0.3, 0.4) is 0 Å². The summed E-state index contributed by atoms with van der Waals surface area (Å²) in [5, 5.41) is -1.03. The summed E-state index contributed by atoms with van der Waals surface area (Å²) in [7, 11) is 0. The van der Waals surface area contributed by atoms with Crippen molar-refractivity contribution in [1.29, 1.82) is 0 Å². The highest BCUT2D eigenvalue weighted by Gasteiger charge is 2.33. The van der Waals surface area contributed by atoms with E-state index in [1.807, 2.05) is 0 Å². The first-order valence-electron chi connectivity index (χ1n) is 3.41. The molecule has 15 heavy (non-hydrogen) atoms. The topological polar surface area (TPSA) is 39.2 Å². The second-order valence-electron chi connectivity index (χ2n) is 2.33. The third kappa shape index (κ3) is 3.35. The first kappa shape index (κ1) is 11.7. The SMILES string of the molecule is O=C(Cl)c1cnc(OC(F)(F)F)c(F)c1. The Morgan fingerprint density at radius 2 is 2.07 bits per heavy atom. The van der Waals surface area contributed by atoms with Crippen LogP contribution in [0.25, 0.3) is 0 Å². The molecule has 0 atom stereocenters. The van der Waals surface area contributed by atoms with Crippen molar-refractivity contribution in [3.8, 4) is 5.88 Å². The van der Waals surface area contributed by atoms with Gasteiger partial charge in [-0.15, -0.1) is 13.2 Å². The van der Waals surface area contributed by atoms with Crippen molar-refractivity contribution in [3.05, 3.63) is 23.6 Å². The van der Waals surface area contributed by atoms with Gasteiger partial charge in [-0.25, -0.2) is 9.37 Å². The Balaban J connectivity index is 2.99. The number of nitrogens with zero attached hydrogens (tertiary/aromatic N) is 1. The zero-order valence-corrected chi connectivity index (χ0v) is 7.56. The molecule has 0 radical (unpaired) electrons. The van der Waals surface area contributed by atoms with Gasteiger partial charge in [0.05, 0.1) is 5.56 Å². The maximum atomic E-state index is 12.8. The van der Waals surface area contributed by atoms with Gasteiger partial charge < -0.3 is 4.74 Å². The van der Waals surface area contributed by atoms with Gasteiger partial charge in [-0.3, -0.25) is 4.79 Å². The number of ether oxygens (including phenoxy) is 1. The molecule has 0 N–H and O–H groups in total. The Bertz CT molecular complexity index is 393. The lowest BCUT2D eigenvalue weighted by molar-refractivity contribution is -0.277. The van der Waals surface area contributed by atoms with E-state index in [0.29, 0.717) is 12.3 Å². The summed E-state index contributed by atoms with van der Waals surface area (Å²) in [5.74, 6) is -2.68. The van der Waals surface area contributed by atoms with E-state index in [2.05, 4.69) is 9.72 Å². The molecule has 82 valence electrons. The van der Waals surface area contributed by atoms with Crippen molar-refractivity contribution in [2.45, 2.75) is 6.36 Å². The van der Waals surface area contributed by atoms with E-state index >= 15 is 0 Å². The summed E-state index contributed by atoms with van der Waals surface area (Å²) in [4.78, 5) is 13.5. The lowest BCUT2D eigenvalue weighted by Gasteiger charge is -2.08. The molecule has 0 spiro atoms. The lowest BCUT2D eigenvalue weighted by Crippen LogP contribution is -2.19. The minimum absolute atomic E-state index is 0.358. The second kappa shape index (κ2) is 4.01. The highest BCUT2D eigenvalue weighted by atomic mass is 35.5. The fourth-order valence-electron chi connectivity index (χ4n) is 0.718. The first-order chi connectivity index (χ1) is 6.79. The highest BCUT2D eigenvalue weighted by molar-refractivity contribution is 6.67. The molecule has 3 nitrogen and oxygen atoms in total. The van der Waals surface area contributed by atoms with Crippen LogP contribution in [-0.4, -0.2) is 16.6 Å². The molecular formula is C7H2ClF4NO2. The predicted molar refractivity (Wildman–Crippen MR) is 41.1 cm³/mol. The van der Waals surface area contributed by atoms with E-state index in [0.717, 1.165) is 0 Å². The molecule has 1 aromatic heterocycles. The van der Waals surface area contributed by atoms with Gasteiger partial charge in [0.15, 0.2) is 5.82 Å². The molecule has 0 saturated heterocycles. The highest BCUT2D eigenvalue weighted by Crippen LogP contribution is 2.23. The third-order valence-corrected chi connectivity index (χ3v) is 1.47. The summed E-state index contributed by atoms with van der Waals surface area (Å²) < 4.78 is 51.0. The molecule has 0 amide bonds. The van der Waals surface area contributed by atoms with Crippen LogP contribution in [0.2, 0.25) is 0 Å². The standard InChI is InChI=1S/C7H2ClF4NO2/c8-5(14)3-1-4(9)6(13-2-3)15-7(10,11)12/h1-2H. The third-order valence-electron chi connectivity index (χ3n) is 1.25. The van der Waals surface area contributed by atoms with E-state index in [4.69, 9.17) is 11.6 Å². The molecule has 0 aliphatic carbocycles. The quantitative estimate of drug-likeness (QED) is 0.592. The smallest absolute Gasteiger partial charge is 0.385 e. The van der Waals surface area contributed by atoms with Crippen LogP contribution in [0.4, 0.5) is 17.6 Å².